The maximum absolute atomic E-state index is 5.40. The van der Waals surface area contributed by atoms with Crippen molar-refractivity contribution in [3.63, 3.8) is 0 Å². The third-order valence-electron chi connectivity index (χ3n) is 10.5. The van der Waals surface area contributed by atoms with Gasteiger partial charge >= 0.3 is 0 Å². The van der Waals surface area contributed by atoms with Gasteiger partial charge in [-0.15, -0.1) is 11.3 Å². The first-order valence-electron chi connectivity index (χ1n) is 18.6. The third kappa shape index (κ3) is 5.38. The van der Waals surface area contributed by atoms with Crippen LogP contribution in [0.25, 0.3) is 104 Å². The molecule has 0 spiro atoms. The number of thiophene rings is 1. The minimum absolute atomic E-state index is 0.549. The highest BCUT2D eigenvalue weighted by molar-refractivity contribution is 7.25. The number of hydrogen-bond donors (Lipinski definition) is 0. The molecule has 7 aromatic carbocycles. The molecule has 0 N–H and O–H groups in total. The zero-order valence-corrected chi connectivity index (χ0v) is 30.9. The molecular formula is C50H31N5S. The first-order chi connectivity index (χ1) is 27.8. The number of benzene rings is 7. The van der Waals surface area contributed by atoms with Crippen molar-refractivity contribution in [1.82, 2.24) is 24.5 Å². The Morgan fingerprint density at radius 2 is 0.911 bits per heavy atom. The molecule has 0 amide bonds. The number of fused-ring (bicyclic) bond motifs is 6. The number of rotatable bonds is 6. The van der Waals surface area contributed by atoms with Crippen LogP contribution in [0.3, 0.4) is 0 Å². The van der Waals surface area contributed by atoms with E-state index in [-0.39, 0.29) is 0 Å². The molecule has 0 aliphatic rings. The van der Waals surface area contributed by atoms with Crippen LogP contribution in [0.2, 0.25) is 0 Å². The minimum atomic E-state index is 0.549. The molecule has 0 aliphatic carbocycles. The van der Waals surface area contributed by atoms with E-state index >= 15 is 0 Å². The molecule has 0 saturated heterocycles. The van der Waals surface area contributed by atoms with Crippen molar-refractivity contribution in [1.29, 1.82) is 0 Å². The highest BCUT2D eigenvalue weighted by Crippen LogP contribution is 2.42. The summed E-state index contributed by atoms with van der Waals surface area (Å²) in [4.78, 5) is 20.9. The van der Waals surface area contributed by atoms with E-state index < -0.39 is 0 Å². The van der Waals surface area contributed by atoms with E-state index in [9.17, 15) is 0 Å². The van der Waals surface area contributed by atoms with Gasteiger partial charge in [-0.05, 0) is 47.0 Å². The van der Waals surface area contributed by atoms with Gasteiger partial charge in [-0.25, -0.2) is 19.9 Å². The van der Waals surface area contributed by atoms with E-state index in [0.717, 1.165) is 61.2 Å². The summed E-state index contributed by atoms with van der Waals surface area (Å²) in [6.45, 7) is 0. The van der Waals surface area contributed by atoms with Gasteiger partial charge in [0.1, 0.15) is 5.82 Å². The summed E-state index contributed by atoms with van der Waals surface area (Å²) >= 11 is 1.82. The SMILES string of the molecule is c1ccc(-c2nc(-c3ccccc3)nc(-c3cc(-c4ccccc4-c4ccccc4)cnc3-n3c4ccccc4c4cc5c(cc43)sc3ccccc35)n2)cc1. The number of para-hydroxylation sites is 1. The fourth-order valence-electron chi connectivity index (χ4n) is 7.90. The van der Waals surface area contributed by atoms with Gasteiger partial charge in [0.25, 0.3) is 0 Å². The molecular weight excluding hydrogens is 703 g/mol. The van der Waals surface area contributed by atoms with Gasteiger partial charge < -0.3 is 0 Å². The van der Waals surface area contributed by atoms with Crippen molar-refractivity contribution < 1.29 is 0 Å². The Hall–Kier alpha value is -7.28. The average Bonchev–Trinajstić information content (AvgIpc) is 3.80. The van der Waals surface area contributed by atoms with E-state index in [4.69, 9.17) is 19.9 Å². The van der Waals surface area contributed by atoms with E-state index in [0.29, 0.717) is 17.5 Å². The second kappa shape index (κ2) is 13.2. The van der Waals surface area contributed by atoms with Gasteiger partial charge in [-0.1, -0.05) is 152 Å². The van der Waals surface area contributed by atoms with Crippen LogP contribution in [0.4, 0.5) is 0 Å². The minimum Gasteiger partial charge on any atom is -0.293 e. The summed E-state index contributed by atoms with van der Waals surface area (Å²) < 4.78 is 4.80. The van der Waals surface area contributed by atoms with Gasteiger partial charge in [-0.3, -0.25) is 4.57 Å². The summed E-state index contributed by atoms with van der Waals surface area (Å²) in [5, 5.41) is 4.88. The van der Waals surface area contributed by atoms with Crippen LogP contribution in [-0.4, -0.2) is 24.5 Å². The molecule has 11 aromatic rings. The van der Waals surface area contributed by atoms with Crippen LogP contribution in [0.15, 0.2) is 188 Å². The van der Waals surface area contributed by atoms with Gasteiger partial charge in [-0.2, -0.15) is 0 Å². The van der Waals surface area contributed by atoms with Gasteiger partial charge in [0.2, 0.25) is 0 Å². The van der Waals surface area contributed by atoms with Crippen LogP contribution in [0.5, 0.6) is 0 Å². The quantitative estimate of drug-likeness (QED) is 0.171. The first kappa shape index (κ1) is 32.2. The molecule has 0 saturated carbocycles. The molecule has 0 fully saturated rings. The fourth-order valence-corrected chi connectivity index (χ4v) is 9.02. The molecule has 4 heterocycles. The Morgan fingerprint density at radius 3 is 1.61 bits per heavy atom. The van der Waals surface area contributed by atoms with Gasteiger partial charge in [0.15, 0.2) is 17.5 Å². The summed E-state index contributed by atoms with van der Waals surface area (Å²) in [7, 11) is 0. The average molecular weight is 734 g/mol. The Bertz CT molecular complexity index is 3190. The zero-order chi connectivity index (χ0) is 37.0. The van der Waals surface area contributed by atoms with Gasteiger partial charge in [0.05, 0.1) is 16.6 Å². The highest BCUT2D eigenvalue weighted by atomic mass is 32.1. The van der Waals surface area contributed by atoms with E-state index in [1.165, 1.54) is 25.6 Å². The second-order valence-corrected chi connectivity index (χ2v) is 14.9. The van der Waals surface area contributed by atoms with E-state index in [2.05, 4.69) is 120 Å². The molecule has 0 radical (unpaired) electrons. The molecule has 56 heavy (non-hydrogen) atoms. The van der Waals surface area contributed by atoms with Crippen LogP contribution in [-0.2, 0) is 0 Å². The predicted molar refractivity (Wildman–Crippen MR) is 232 cm³/mol. The molecule has 5 nitrogen and oxygen atoms in total. The Kier molecular flexibility index (Phi) is 7.60. The largest absolute Gasteiger partial charge is 0.293 e. The summed E-state index contributed by atoms with van der Waals surface area (Å²) in [6, 6.07) is 63.5. The Balaban J connectivity index is 1.23. The molecule has 6 heteroatoms. The number of nitrogens with zero attached hydrogens (tertiary/aromatic N) is 5. The fraction of sp³-hybridized carbons (Fsp3) is 0. The number of pyridine rings is 1. The summed E-state index contributed by atoms with van der Waals surface area (Å²) in [5.74, 6) is 2.50. The molecule has 0 aliphatic heterocycles. The van der Waals surface area contributed by atoms with Crippen LogP contribution >= 0.6 is 11.3 Å². The highest BCUT2D eigenvalue weighted by Gasteiger charge is 2.23. The van der Waals surface area contributed by atoms with E-state index in [1.54, 1.807) is 0 Å². The Morgan fingerprint density at radius 1 is 0.357 bits per heavy atom. The maximum atomic E-state index is 5.40. The summed E-state index contributed by atoms with van der Waals surface area (Å²) in [6.07, 6.45) is 2.00. The van der Waals surface area contributed by atoms with Crippen molar-refractivity contribution in [2.75, 3.05) is 0 Å². The lowest BCUT2D eigenvalue weighted by atomic mass is 9.94. The molecule has 11 rings (SSSR count). The van der Waals surface area contributed by atoms with Crippen LogP contribution in [0, 0.1) is 0 Å². The molecule has 0 atom stereocenters. The number of hydrogen-bond acceptors (Lipinski definition) is 5. The zero-order valence-electron chi connectivity index (χ0n) is 30.0. The standard InChI is InChI=1S/C50H31N5S/c1-4-16-32(17-5-1)36-22-10-11-23-37(36)35-28-42(49-53-47(33-18-6-2-7-19-33)52-48(54-49)34-20-8-3-9-21-34)50(51-31-35)55-43-26-14-12-24-38(43)40-29-41-39-25-13-15-27-45(39)56-46(41)30-44(40)55/h1-31H. The van der Waals surface area contributed by atoms with Crippen molar-refractivity contribution in [2.24, 2.45) is 0 Å². The normalized spacial score (nSPS) is 11.6. The third-order valence-corrected chi connectivity index (χ3v) is 11.6. The lowest BCUT2D eigenvalue weighted by Crippen LogP contribution is -2.06. The van der Waals surface area contributed by atoms with Crippen LogP contribution in [0.1, 0.15) is 0 Å². The maximum Gasteiger partial charge on any atom is 0.167 e. The second-order valence-electron chi connectivity index (χ2n) is 13.9. The topological polar surface area (TPSA) is 56.5 Å². The van der Waals surface area contributed by atoms with E-state index in [1.807, 2.05) is 84.3 Å². The van der Waals surface area contributed by atoms with Crippen molar-refractivity contribution in [2.45, 2.75) is 0 Å². The molecule has 0 bridgehead atoms. The molecule has 4 aromatic heterocycles. The smallest absolute Gasteiger partial charge is 0.167 e. The molecule has 0 unspecified atom stereocenters. The lowest BCUT2D eigenvalue weighted by Gasteiger charge is -2.16. The van der Waals surface area contributed by atoms with Crippen molar-refractivity contribution in [3.8, 4) is 62.2 Å². The predicted octanol–water partition coefficient (Wildman–Crippen LogP) is 13.1. The first-order valence-corrected chi connectivity index (χ1v) is 19.5. The van der Waals surface area contributed by atoms with Crippen molar-refractivity contribution in [3.05, 3.63) is 188 Å². The lowest BCUT2D eigenvalue weighted by molar-refractivity contribution is 1.04. The van der Waals surface area contributed by atoms with Gasteiger partial charge in [0, 0.05) is 53.8 Å². The monoisotopic (exact) mass is 733 g/mol. The van der Waals surface area contributed by atoms with Crippen LogP contribution < -0.4 is 0 Å². The number of aromatic nitrogens is 5. The van der Waals surface area contributed by atoms with Crippen molar-refractivity contribution >= 4 is 53.3 Å². The Labute approximate surface area is 326 Å². The molecule has 262 valence electrons. The summed E-state index contributed by atoms with van der Waals surface area (Å²) in [5.41, 5.74) is 9.10.